The SMILES string of the molecule is OCCCCCCCC/C=C/c1ccc(O)cc1. The van der Waals surface area contributed by atoms with Crippen LogP contribution in [-0.2, 0) is 0 Å². The Hall–Kier alpha value is -1.28. The Morgan fingerprint density at radius 1 is 0.833 bits per heavy atom. The van der Waals surface area contributed by atoms with Gasteiger partial charge in [-0.25, -0.2) is 0 Å². The van der Waals surface area contributed by atoms with Gasteiger partial charge in [0.25, 0.3) is 0 Å². The Morgan fingerprint density at radius 3 is 2.11 bits per heavy atom. The van der Waals surface area contributed by atoms with E-state index in [0.29, 0.717) is 12.4 Å². The first-order valence-corrected chi connectivity index (χ1v) is 6.89. The van der Waals surface area contributed by atoms with Crippen molar-refractivity contribution in [1.82, 2.24) is 0 Å². The van der Waals surface area contributed by atoms with Gasteiger partial charge in [-0.05, 0) is 37.0 Å². The number of aromatic hydroxyl groups is 1. The minimum absolute atomic E-state index is 0.315. The van der Waals surface area contributed by atoms with E-state index in [1.807, 2.05) is 12.1 Å². The van der Waals surface area contributed by atoms with E-state index in [4.69, 9.17) is 10.2 Å². The molecule has 100 valence electrons. The van der Waals surface area contributed by atoms with Crippen LogP contribution in [0.25, 0.3) is 6.08 Å². The molecule has 0 heterocycles. The van der Waals surface area contributed by atoms with E-state index in [1.165, 1.54) is 25.7 Å². The molecule has 18 heavy (non-hydrogen) atoms. The van der Waals surface area contributed by atoms with Crippen molar-refractivity contribution in [3.63, 3.8) is 0 Å². The molecule has 0 spiro atoms. The van der Waals surface area contributed by atoms with Crippen LogP contribution in [0.1, 0.15) is 50.5 Å². The predicted molar refractivity (Wildman–Crippen MR) is 76.5 cm³/mol. The van der Waals surface area contributed by atoms with Gasteiger partial charge in [0.2, 0.25) is 0 Å². The van der Waals surface area contributed by atoms with Crippen molar-refractivity contribution in [2.24, 2.45) is 0 Å². The van der Waals surface area contributed by atoms with Crippen molar-refractivity contribution in [2.75, 3.05) is 6.61 Å². The number of phenolic OH excluding ortho intramolecular Hbond substituents is 1. The maximum absolute atomic E-state index is 9.15. The van der Waals surface area contributed by atoms with Gasteiger partial charge in [-0.1, -0.05) is 50.0 Å². The Morgan fingerprint density at radius 2 is 1.44 bits per heavy atom. The molecule has 0 aliphatic heterocycles. The molecule has 0 saturated heterocycles. The van der Waals surface area contributed by atoms with Crippen LogP contribution in [0.5, 0.6) is 5.75 Å². The van der Waals surface area contributed by atoms with Gasteiger partial charge in [-0.2, -0.15) is 0 Å². The Bertz CT molecular complexity index is 327. The number of hydrogen-bond donors (Lipinski definition) is 2. The first-order valence-electron chi connectivity index (χ1n) is 6.89. The van der Waals surface area contributed by atoms with E-state index in [1.54, 1.807) is 12.1 Å². The predicted octanol–water partition coefficient (Wildman–Crippen LogP) is 4.13. The topological polar surface area (TPSA) is 40.5 Å². The maximum Gasteiger partial charge on any atom is 0.115 e. The Labute approximate surface area is 110 Å². The summed E-state index contributed by atoms with van der Waals surface area (Å²) < 4.78 is 0. The van der Waals surface area contributed by atoms with Gasteiger partial charge in [0, 0.05) is 6.61 Å². The Kier molecular flexibility index (Phi) is 7.98. The van der Waals surface area contributed by atoms with E-state index in [0.717, 1.165) is 24.8 Å². The van der Waals surface area contributed by atoms with Gasteiger partial charge in [0.15, 0.2) is 0 Å². The standard InChI is InChI=1S/C16H24O2/c17-14-8-6-4-2-1-3-5-7-9-15-10-12-16(18)13-11-15/h7,9-13,17-18H,1-6,8,14H2/b9-7+. The Balaban J connectivity index is 2.02. The number of phenols is 1. The number of hydrogen-bond acceptors (Lipinski definition) is 2. The highest BCUT2D eigenvalue weighted by molar-refractivity contribution is 5.50. The van der Waals surface area contributed by atoms with Crippen LogP contribution in [-0.4, -0.2) is 16.8 Å². The summed E-state index contributed by atoms with van der Waals surface area (Å²) >= 11 is 0. The molecule has 0 bridgehead atoms. The zero-order valence-electron chi connectivity index (χ0n) is 11.0. The maximum atomic E-state index is 9.15. The largest absolute Gasteiger partial charge is 0.508 e. The molecule has 0 atom stereocenters. The quantitative estimate of drug-likeness (QED) is 0.645. The lowest BCUT2D eigenvalue weighted by Gasteiger charge is -1.99. The van der Waals surface area contributed by atoms with Crippen molar-refractivity contribution >= 4 is 6.08 Å². The van der Waals surface area contributed by atoms with Crippen LogP contribution in [0, 0.1) is 0 Å². The molecule has 0 fully saturated rings. The fourth-order valence-corrected chi connectivity index (χ4v) is 1.89. The third-order valence-electron chi connectivity index (χ3n) is 2.98. The molecule has 0 radical (unpaired) electrons. The van der Waals surface area contributed by atoms with E-state index >= 15 is 0 Å². The van der Waals surface area contributed by atoms with Crippen molar-refractivity contribution in [2.45, 2.75) is 44.9 Å². The molecule has 0 amide bonds. The molecule has 2 nitrogen and oxygen atoms in total. The molecule has 2 N–H and O–H groups in total. The smallest absolute Gasteiger partial charge is 0.115 e. The number of rotatable bonds is 9. The highest BCUT2D eigenvalue weighted by Crippen LogP contribution is 2.12. The number of allylic oxidation sites excluding steroid dienone is 1. The normalized spacial score (nSPS) is 11.2. The lowest BCUT2D eigenvalue weighted by Crippen LogP contribution is -1.83. The molecule has 1 aromatic carbocycles. The summed E-state index contributed by atoms with van der Waals surface area (Å²) in [5.41, 5.74) is 1.13. The van der Waals surface area contributed by atoms with Crippen molar-refractivity contribution in [3.8, 4) is 5.75 Å². The van der Waals surface area contributed by atoms with Crippen LogP contribution >= 0.6 is 0 Å². The van der Waals surface area contributed by atoms with E-state index < -0.39 is 0 Å². The molecule has 0 aliphatic carbocycles. The fourth-order valence-electron chi connectivity index (χ4n) is 1.89. The molecule has 0 aliphatic rings. The summed E-state index contributed by atoms with van der Waals surface area (Å²) in [4.78, 5) is 0. The van der Waals surface area contributed by atoms with Crippen LogP contribution in [0.15, 0.2) is 30.3 Å². The van der Waals surface area contributed by atoms with Gasteiger partial charge in [0.1, 0.15) is 5.75 Å². The highest BCUT2D eigenvalue weighted by Gasteiger charge is 1.90. The summed E-state index contributed by atoms with van der Waals surface area (Å²) in [6.45, 7) is 0.329. The van der Waals surface area contributed by atoms with E-state index in [2.05, 4.69) is 12.2 Å². The molecule has 2 heteroatoms. The van der Waals surface area contributed by atoms with Crippen LogP contribution in [0.4, 0.5) is 0 Å². The number of aliphatic hydroxyl groups excluding tert-OH is 1. The summed E-state index contributed by atoms with van der Waals surface area (Å²) in [6.07, 6.45) is 12.5. The molecule has 0 saturated carbocycles. The average Bonchev–Trinajstić information content (AvgIpc) is 2.39. The fraction of sp³-hybridized carbons (Fsp3) is 0.500. The van der Waals surface area contributed by atoms with Crippen molar-refractivity contribution in [3.05, 3.63) is 35.9 Å². The van der Waals surface area contributed by atoms with Crippen molar-refractivity contribution in [1.29, 1.82) is 0 Å². The monoisotopic (exact) mass is 248 g/mol. The molecule has 1 aromatic rings. The first kappa shape index (κ1) is 14.8. The van der Waals surface area contributed by atoms with Crippen molar-refractivity contribution < 1.29 is 10.2 Å². The molecular formula is C16H24O2. The zero-order chi connectivity index (χ0) is 13.1. The first-order chi connectivity index (χ1) is 8.83. The third kappa shape index (κ3) is 7.13. The second kappa shape index (κ2) is 9.72. The minimum atomic E-state index is 0.315. The second-order valence-electron chi connectivity index (χ2n) is 4.63. The van der Waals surface area contributed by atoms with Crippen LogP contribution < -0.4 is 0 Å². The summed E-state index contributed by atoms with van der Waals surface area (Å²) in [5.74, 6) is 0.315. The van der Waals surface area contributed by atoms with Gasteiger partial charge in [-0.3, -0.25) is 0 Å². The lowest BCUT2D eigenvalue weighted by molar-refractivity contribution is 0.282. The lowest BCUT2D eigenvalue weighted by atomic mass is 10.1. The second-order valence-corrected chi connectivity index (χ2v) is 4.63. The molecule has 0 aromatic heterocycles. The third-order valence-corrected chi connectivity index (χ3v) is 2.98. The zero-order valence-corrected chi connectivity index (χ0v) is 11.0. The van der Waals surface area contributed by atoms with Gasteiger partial charge >= 0.3 is 0 Å². The summed E-state index contributed by atoms with van der Waals surface area (Å²) in [5, 5.41) is 17.8. The van der Waals surface area contributed by atoms with Gasteiger partial charge < -0.3 is 10.2 Å². The molecule has 1 rings (SSSR count). The van der Waals surface area contributed by atoms with E-state index in [-0.39, 0.29) is 0 Å². The van der Waals surface area contributed by atoms with Gasteiger partial charge in [0.05, 0.1) is 0 Å². The minimum Gasteiger partial charge on any atom is -0.508 e. The highest BCUT2D eigenvalue weighted by atomic mass is 16.3. The summed E-state index contributed by atoms with van der Waals surface area (Å²) in [6, 6.07) is 7.25. The van der Waals surface area contributed by atoms with Crippen LogP contribution in [0.2, 0.25) is 0 Å². The summed E-state index contributed by atoms with van der Waals surface area (Å²) in [7, 11) is 0. The van der Waals surface area contributed by atoms with E-state index in [9.17, 15) is 0 Å². The molecule has 0 unspecified atom stereocenters. The number of benzene rings is 1. The van der Waals surface area contributed by atoms with Gasteiger partial charge in [-0.15, -0.1) is 0 Å². The number of unbranched alkanes of at least 4 members (excludes halogenated alkanes) is 6. The van der Waals surface area contributed by atoms with Crippen LogP contribution in [0.3, 0.4) is 0 Å². The number of aliphatic hydroxyl groups is 1. The molecular weight excluding hydrogens is 224 g/mol. The average molecular weight is 248 g/mol.